The molecule has 0 radical (unpaired) electrons. The molecule has 0 atom stereocenters. The van der Waals surface area contributed by atoms with Gasteiger partial charge in [0.15, 0.2) is 23.0 Å². The van der Waals surface area contributed by atoms with Gasteiger partial charge in [-0.05, 0) is 51.1 Å². The molecule has 0 saturated heterocycles. The Bertz CT molecular complexity index is 901. The van der Waals surface area contributed by atoms with Crippen LogP contribution >= 0.6 is 0 Å². The molecule has 0 heterocycles. The summed E-state index contributed by atoms with van der Waals surface area (Å²) in [5.74, 6) is -0.535. The van der Waals surface area contributed by atoms with Crippen LogP contribution in [-0.4, -0.2) is 68.1 Å². The monoisotopic (exact) mass is 463 g/mol. The van der Waals surface area contributed by atoms with Crippen LogP contribution in [0.25, 0.3) is 0 Å². The van der Waals surface area contributed by atoms with Crippen LogP contribution in [0.1, 0.15) is 25.0 Å². The number of carboxylic acids is 2. The van der Waals surface area contributed by atoms with Gasteiger partial charge in [-0.2, -0.15) is 0 Å². The number of nitrogens with zero attached hydrogens (tertiary/aromatic N) is 1. The Hall–Kier alpha value is -3.46. The van der Waals surface area contributed by atoms with Gasteiger partial charge in [-0.25, -0.2) is 9.59 Å². The fourth-order valence-corrected chi connectivity index (χ4v) is 2.94. The lowest BCUT2D eigenvalue weighted by atomic mass is 10.1. The van der Waals surface area contributed by atoms with Crippen molar-refractivity contribution < 1.29 is 38.7 Å². The van der Waals surface area contributed by atoms with Crippen molar-refractivity contribution in [2.24, 2.45) is 0 Å². The third kappa shape index (κ3) is 9.28. The Labute approximate surface area is 194 Å². The van der Waals surface area contributed by atoms with Crippen LogP contribution in [-0.2, 0) is 22.6 Å². The quantitative estimate of drug-likeness (QED) is 0.512. The van der Waals surface area contributed by atoms with Gasteiger partial charge in [-0.1, -0.05) is 18.2 Å². The van der Waals surface area contributed by atoms with Crippen molar-refractivity contribution in [3.05, 3.63) is 47.5 Å². The smallest absolute Gasteiger partial charge is 0.414 e. The third-order valence-corrected chi connectivity index (χ3v) is 4.49. The van der Waals surface area contributed by atoms with Crippen LogP contribution < -0.4 is 18.9 Å². The number of benzene rings is 2. The van der Waals surface area contributed by atoms with Crippen molar-refractivity contribution >= 4 is 11.9 Å². The van der Waals surface area contributed by atoms with Crippen molar-refractivity contribution in [2.75, 3.05) is 34.9 Å². The summed E-state index contributed by atoms with van der Waals surface area (Å²) in [6.45, 7) is 5.74. The van der Waals surface area contributed by atoms with E-state index in [1.165, 1.54) is 5.56 Å². The Balaban J connectivity index is 0.000000801. The summed E-state index contributed by atoms with van der Waals surface area (Å²) in [6.07, 6.45) is 1.01. The molecule has 0 unspecified atom stereocenters. The highest BCUT2D eigenvalue weighted by atomic mass is 16.5. The number of carboxylic acid groups (broad SMARTS) is 2. The first kappa shape index (κ1) is 27.6. The first-order valence-corrected chi connectivity index (χ1v) is 10.3. The molecule has 2 N–H and O–H groups in total. The van der Waals surface area contributed by atoms with E-state index in [0.29, 0.717) is 0 Å². The zero-order valence-electron chi connectivity index (χ0n) is 20.0. The van der Waals surface area contributed by atoms with Crippen LogP contribution in [0.4, 0.5) is 0 Å². The minimum atomic E-state index is -1.82. The van der Waals surface area contributed by atoms with Crippen LogP contribution in [0.15, 0.2) is 36.4 Å². The zero-order valence-corrected chi connectivity index (χ0v) is 20.0. The first-order valence-electron chi connectivity index (χ1n) is 10.3. The second-order valence-electron chi connectivity index (χ2n) is 7.40. The van der Waals surface area contributed by atoms with Crippen LogP contribution in [0, 0.1) is 0 Å². The Morgan fingerprint density at radius 1 is 0.909 bits per heavy atom. The largest absolute Gasteiger partial charge is 0.493 e. The molecule has 0 aliphatic carbocycles. The van der Waals surface area contributed by atoms with Crippen molar-refractivity contribution in [1.82, 2.24) is 4.90 Å². The molecule has 0 aromatic heterocycles. The standard InChI is InChI=1S/C22H31NO4.C2H2O4/c1-16(2)27-22-18(8-7-9-20(22)25-5)15-23(3)13-12-17-10-11-19(24-4)21(14-17)26-6;3-1(4)2(5)6/h7-11,14,16H,12-13,15H2,1-6H3;(H,3,4)(H,5,6). The molecule has 0 amide bonds. The number of para-hydroxylation sites is 1. The highest BCUT2D eigenvalue weighted by Crippen LogP contribution is 2.33. The summed E-state index contributed by atoms with van der Waals surface area (Å²) in [5, 5.41) is 14.8. The molecular weight excluding hydrogens is 430 g/mol. The zero-order chi connectivity index (χ0) is 25.0. The molecule has 0 spiro atoms. The predicted octanol–water partition coefficient (Wildman–Crippen LogP) is 3.33. The summed E-state index contributed by atoms with van der Waals surface area (Å²) >= 11 is 0. The molecular formula is C24H33NO8. The molecule has 2 rings (SSSR count). The molecule has 0 aliphatic heterocycles. The molecule has 9 nitrogen and oxygen atoms in total. The molecule has 33 heavy (non-hydrogen) atoms. The first-order chi connectivity index (χ1) is 15.6. The molecule has 0 aliphatic rings. The fraction of sp³-hybridized carbons (Fsp3) is 0.417. The summed E-state index contributed by atoms with van der Waals surface area (Å²) in [5.41, 5.74) is 2.33. The number of methoxy groups -OCH3 is 3. The highest BCUT2D eigenvalue weighted by molar-refractivity contribution is 6.27. The number of likely N-dealkylation sites (N-methyl/N-ethyl adjacent to an activating group) is 1. The molecule has 2 aromatic rings. The highest BCUT2D eigenvalue weighted by Gasteiger charge is 2.14. The molecule has 2 aromatic carbocycles. The lowest BCUT2D eigenvalue weighted by molar-refractivity contribution is -0.159. The number of rotatable bonds is 10. The maximum atomic E-state index is 9.10. The average Bonchev–Trinajstić information content (AvgIpc) is 2.78. The van der Waals surface area contributed by atoms with Gasteiger partial charge in [-0.15, -0.1) is 0 Å². The second kappa shape index (κ2) is 13.8. The molecule has 182 valence electrons. The maximum Gasteiger partial charge on any atom is 0.414 e. The van der Waals surface area contributed by atoms with E-state index in [2.05, 4.69) is 24.1 Å². The van der Waals surface area contributed by atoms with Gasteiger partial charge in [0, 0.05) is 18.7 Å². The van der Waals surface area contributed by atoms with Gasteiger partial charge < -0.3 is 34.1 Å². The number of hydrogen-bond acceptors (Lipinski definition) is 7. The molecule has 0 bridgehead atoms. The van der Waals surface area contributed by atoms with Crippen molar-refractivity contribution in [3.63, 3.8) is 0 Å². The number of ether oxygens (including phenoxy) is 4. The van der Waals surface area contributed by atoms with E-state index in [4.69, 9.17) is 38.7 Å². The lowest BCUT2D eigenvalue weighted by Gasteiger charge is -2.22. The second-order valence-corrected chi connectivity index (χ2v) is 7.40. The van der Waals surface area contributed by atoms with Crippen molar-refractivity contribution in [2.45, 2.75) is 32.9 Å². The fourth-order valence-electron chi connectivity index (χ4n) is 2.94. The minimum Gasteiger partial charge on any atom is -0.493 e. The van der Waals surface area contributed by atoms with Crippen molar-refractivity contribution in [3.8, 4) is 23.0 Å². The van der Waals surface area contributed by atoms with E-state index in [1.54, 1.807) is 21.3 Å². The summed E-state index contributed by atoms with van der Waals surface area (Å²) < 4.78 is 22.2. The normalized spacial score (nSPS) is 10.3. The number of aliphatic carboxylic acids is 2. The van der Waals surface area contributed by atoms with Crippen LogP contribution in [0.2, 0.25) is 0 Å². The van der Waals surface area contributed by atoms with E-state index in [0.717, 1.165) is 48.1 Å². The van der Waals surface area contributed by atoms with Gasteiger partial charge in [0.05, 0.1) is 27.4 Å². The van der Waals surface area contributed by atoms with Crippen LogP contribution in [0.3, 0.4) is 0 Å². The number of hydrogen-bond donors (Lipinski definition) is 2. The van der Waals surface area contributed by atoms with Gasteiger partial charge >= 0.3 is 11.9 Å². The molecule has 0 fully saturated rings. The van der Waals surface area contributed by atoms with E-state index < -0.39 is 11.9 Å². The summed E-state index contributed by atoms with van der Waals surface area (Å²) in [6, 6.07) is 12.1. The molecule has 9 heteroatoms. The van der Waals surface area contributed by atoms with E-state index in [1.807, 2.05) is 38.1 Å². The van der Waals surface area contributed by atoms with Gasteiger partial charge in [0.2, 0.25) is 0 Å². The van der Waals surface area contributed by atoms with E-state index in [9.17, 15) is 0 Å². The van der Waals surface area contributed by atoms with Gasteiger partial charge in [0.1, 0.15) is 0 Å². The average molecular weight is 464 g/mol. The minimum absolute atomic E-state index is 0.0946. The van der Waals surface area contributed by atoms with E-state index in [-0.39, 0.29) is 6.10 Å². The molecule has 0 saturated carbocycles. The van der Waals surface area contributed by atoms with Crippen molar-refractivity contribution in [1.29, 1.82) is 0 Å². The third-order valence-electron chi connectivity index (χ3n) is 4.49. The Morgan fingerprint density at radius 2 is 1.52 bits per heavy atom. The lowest BCUT2D eigenvalue weighted by Crippen LogP contribution is -2.21. The maximum absolute atomic E-state index is 9.10. The summed E-state index contributed by atoms with van der Waals surface area (Å²) in [7, 11) is 7.09. The number of carbonyl (C=O) groups is 2. The van der Waals surface area contributed by atoms with Gasteiger partial charge in [0.25, 0.3) is 0 Å². The van der Waals surface area contributed by atoms with Gasteiger partial charge in [-0.3, -0.25) is 0 Å². The predicted molar refractivity (Wildman–Crippen MR) is 124 cm³/mol. The Kier molecular flexibility index (Phi) is 11.6. The summed E-state index contributed by atoms with van der Waals surface area (Å²) in [4.78, 5) is 20.5. The van der Waals surface area contributed by atoms with E-state index >= 15 is 0 Å². The van der Waals surface area contributed by atoms with Crippen LogP contribution in [0.5, 0.6) is 23.0 Å². The Morgan fingerprint density at radius 3 is 2.03 bits per heavy atom. The SMILES string of the molecule is COc1ccc(CCN(C)Cc2cccc(OC)c2OC(C)C)cc1OC.O=C(O)C(=O)O. The topological polar surface area (TPSA) is 115 Å².